The molecule has 1 aliphatic carbocycles. The molecular formula is C15H22N2O3S. The van der Waals surface area contributed by atoms with Crippen molar-refractivity contribution in [2.24, 2.45) is 0 Å². The van der Waals surface area contributed by atoms with Crippen LogP contribution in [0.5, 0.6) is 0 Å². The maximum absolute atomic E-state index is 12.6. The summed E-state index contributed by atoms with van der Waals surface area (Å²) in [5, 5.41) is 10.2. The summed E-state index contributed by atoms with van der Waals surface area (Å²) in [6.07, 6.45) is 3.80. The fourth-order valence-corrected chi connectivity index (χ4v) is 4.73. The van der Waals surface area contributed by atoms with Crippen molar-refractivity contribution in [2.75, 3.05) is 13.1 Å². The molecule has 6 heteroatoms. The number of benzene rings is 1. The molecule has 0 saturated carbocycles. The van der Waals surface area contributed by atoms with Gasteiger partial charge in [0.25, 0.3) is 10.2 Å². The van der Waals surface area contributed by atoms with Gasteiger partial charge in [-0.15, -0.1) is 0 Å². The normalized spacial score (nSPS) is 27.3. The van der Waals surface area contributed by atoms with E-state index in [1.807, 2.05) is 24.3 Å². The molecule has 0 unspecified atom stereocenters. The van der Waals surface area contributed by atoms with Crippen LogP contribution in [-0.2, 0) is 16.6 Å². The van der Waals surface area contributed by atoms with Crippen LogP contribution in [-0.4, -0.2) is 37.0 Å². The van der Waals surface area contributed by atoms with E-state index in [0.29, 0.717) is 19.5 Å². The van der Waals surface area contributed by atoms with Gasteiger partial charge in [0.1, 0.15) is 0 Å². The molecule has 3 rings (SSSR count). The first-order chi connectivity index (χ1) is 10.1. The predicted octanol–water partition coefficient (Wildman–Crippen LogP) is 1.36. The number of nitrogens with zero attached hydrogens (tertiary/aromatic N) is 1. The lowest BCUT2D eigenvalue weighted by Crippen LogP contribution is -2.44. The van der Waals surface area contributed by atoms with Crippen LogP contribution in [0.15, 0.2) is 24.3 Å². The Morgan fingerprint density at radius 2 is 1.76 bits per heavy atom. The molecule has 0 amide bonds. The van der Waals surface area contributed by atoms with Crippen molar-refractivity contribution in [1.82, 2.24) is 9.03 Å². The standard InChI is InChI=1S/C15H22N2O3S/c18-14-11-12-7-3-4-8-13(12)15(14)16-21(19,20)17-9-5-1-2-6-10-17/h3-4,7-8,14-16,18H,1-2,5-6,9-11H2/t14-,15+/m0/s1. The first-order valence-corrected chi connectivity index (χ1v) is 9.05. The van der Waals surface area contributed by atoms with E-state index in [1.165, 1.54) is 4.31 Å². The summed E-state index contributed by atoms with van der Waals surface area (Å²) in [5.74, 6) is 0. The molecule has 5 nitrogen and oxygen atoms in total. The SMILES string of the molecule is O=S(=O)(N[C@@H]1c2ccccc2C[C@@H]1O)N1CCCCCC1. The highest BCUT2D eigenvalue weighted by Gasteiger charge is 2.35. The van der Waals surface area contributed by atoms with E-state index < -0.39 is 22.4 Å². The van der Waals surface area contributed by atoms with Crippen LogP contribution in [0.1, 0.15) is 42.9 Å². The summed E-state index contributed by atoms with van der Waals surface area (Å²) in [6, 6.07) is 7.09. The molecule has 2 atom stereocenters. The highest BCUT2D eigenvalue weighted by Crippen LogP contribution is 2.32. The Bertz CT molecular complexity index is 595. The molecule has 1 aromatic rings. The number of hydrogen-bond acceptors (Lipinski definition) is 3. The van der Waals surface area contributed by atoms with Gasteiger partial charge in [0, 0.05) is 19.5 Å². The van der Waals surface area contributed by atoms with E-state index in [-0.39, 0.29) is 0 Å². The Labute approximate surface area is 126 Å². The van der Waals surface area contributed by atoms with Gasteiger partial charge in [-0.05, 0) is 24.0 Å². The smallest absolute Gasteiger partial charge is 0.280 e. The quantitative estimate of drug-likeness (QED) is 0.885. The lowest BCUT2D eigenvalue weighted by atomic mass is 10.1. The fourth-order valence-electron chi connectivity index (χ4n) is 3.23. The van der Waals surface area contributed by atoms with E-state index in [0.717, 1.165) is 36.8 Å². The fraction of sp³-hybridized carbons (Fsp3) is 0.600. The zero-order chi connectivity index (χ0) is 14.9. The van der Waals surface area contributed by atoms with Crippen molar-refractivity contribution < 1.29 is 13.5 Å². The molecule has 116 valence electrons. The number of nitrogens with one attached hydrogen (secondary N) is 1. The second kappa shape index (κ2) is 6.04. The third kappa shape index (κ3) is 3.13. The maximum Gasteiger partial charge on any atom is 0.280 e. The summed E-state index contributed by atoms with van der Waals surface area (Å²) in [5.41, 5.74) is 1.91. The van der Waals surface area contributed by atoms with Gasteiger partial charge >= 0.3 is 0 Å². The lowest BCUT2D eigenvalue weighted by Gasteiger charge is -2.25. The Hall–Kier alpha value is -0.950. The van der Waals surface area contributed by atoms with Crippen LogP contribution < -0.4 is 4.72 Å². The molecule has 1 fully saturated rings. The average molecular weight is 310 g/mol. The average Bonchev–Trinajstić information content (AvgIpc) is 2.67. The van der Waals surface area contributed by atoms with Gasteiger partial charge < -0.3 is 5.11 Å². The molecule has 0 spiro atoms. The van der Waals surface area contributed by atoms with Gasteiger partial charge in [-0.3, -0.25) is 0 Å². The first-order valence-electron chi connectivity index (χ1n) is 7.61. The Morgan fingerprint density at radius 3 is 2.48 bits per heavy atom. The summed E-state index contributed by atoms with van der Waals surface area (Å²) >= 11 is 0. The van der Waals surface area contributed by atoms with Crippen LogP contribution in [0, 0.1) is 0 Å². The Morgan fingerprint density at radius 1 is 1.10 bits per heavy atom. The van der Waals surface area contributed by atoms with Crippen LogP contribution in [0.25, 0.3) is 0 Å². The zero-order valence-electron chi connectivity index (χ0n) is 12.0. The molecule has 0 radical (unpaired) electrons. The van der Waals surface area contributed by atoms with Gasteiger partial charge in [-0.1, -0.05) is 37.1 Å². The predicted molar refractivity (Wildman–Crippen MR) is 81.0 cm³/mol. The third-order valence-electron chi connectivity index (χ3n) is 4.38. The minimum Gasteiger partial charge on any atom is -0.391 e. The second-order valence-corrected chi connectivity index (χ2v) is 7.59. The summed E-state index contributed by atoms with van der Waals surface area (Å²) in [7, 11) is -3.54. The van der Waals surface area contributed by atoms with E-state index >= 15 is 0 Å². The molecule has 0 bridgehead atoms. The van der Waals surface area contributed by atoms with Crippen molar-refractivity contribution in [3.05, 3.63) is 35.4 Å². The summed E-state index contributed by atoms with van der Waals surface area (Å²) in [6.45, 7) is 1.14. The zero-order valence-corrected chi connectivity index (χ0v) is 12.8. The number of aliphatic hydroxyl groups excluding tert-OH is 1. The van der Waals surface area contributed by atoms with Gasteiger partial charge in [0.2, 0.25) is 0 Å². The summed E-state index contributed by atoms with van der Waals surface area (Å²) < 4.78 is 29.3. The number of rotatable bonds is 3. The van der Waals surface area contributed by atoms with Crippen molar-refractivity contribution in [2.45, 2.75) is 44.2 Å². The number of fused-ring (bicyclic) bond motifs is 1. The lowest BCUT2D eigenvalue weighted by molar-refractivity contribution is 0.150. The molecule has 1 saturated heterocycles. The van der Waals surface area contributed by atoms with Crippen LogP contribution in [0.4, 0.5) is 0 Å². The van der Waals surface area contributed by atoms with E-state index in [4.69, 9.17) is 0 Å². The topological polar surface area (TPSA) is 69.6 Å². The number of hydrogen-bond donors (Lipinski definition) is 2. The third-order valence-corrected chi connectivity index (χ3v) is 5.98. The van der Waals surface area contributed by atoms with E-state index in [2.05, 4.69) is 4.72 Å². The van der Waals surface area contributed by atoms with Crippen LogP contribution in [0.3, 0.4) is 0 Å². The van der Waals surface area contributed by atoms with Crippen molar-refractivity contribution in [3.8, 4) is 0 Å². The van der Waals surface area contributed by atoms with Crippen molar-refractivity contribution >= 4 is 10.2 Å². The molecular weight excluding hydrogens is 288 g/mol. The van der Waals surface area contributed by atoms with Crippen molar-refractivity contribution in [1.29, 1.82) is 0 Å². The minimum atomic E-state index is -3.54. The number of aliphatic hydroxyl groups is 1. The largest absolute Gasteiger partial charge is 0.391 e. The highest BCUT2D eigenvalue weighted by molar-refractivity contribution is 7.87. The monoisotopic (exact) mass is 310 g/mol. The summed E-state index contributed by atoms with van der Waals surface area (Å²) in [4.78, 5) is 0. The minimum absolute atomic E-state index is 0.503. The second-order valence-electron chi connectivity index (χ2n) is 5.88. The molecule has 0 aromatic heterocycles. The van der Waals surface area contributed by atoms with Gasteiger partial charge in [0.15, 0.2) is 0 Å². The van der Waals surface area contributed by atoms with Gasteiger partial charge in [-0.2, -0.15) is 17.4 Å². The molecule has 21 heavy (non-hydrogen) atoms. The first kappa shape index (κ1) is 15.0. The molecule has 1 aliphatic heterocycles. The van der Waals surface area contributed by atoms with E-state index in [1.54, 1.807) is 0 Å². The van der Waals surface area contributed by atoms with E-state index in [9.17, 15) is 13.5 Å². The van der Waals surface area contributed by atoms with Crippen LogP contribution >= 0.6 is 0 Å². The molecule has 2 N–H and O–H groups in total. The highest BCUT2D eigenvalue weighted by atomic mass is 32.2. The molecule has 2 aliphatic rings. The maximum atomic E-state index is 12.6. The van der Waals surface area contributed by atoms with Gasteiger partial charge in [0.05, 0.1) is 12.1 Å². The van der Waals surface area contributed by atoms with Crippen molar-refractivity contribution in [3.63, 3.8) is 0 Å². The van der Waals surface area contributed by atoms with Crippen LogP contribution in [0.2, 0.25) is 0 Å². The Kier molecular flexibility index (Phi) is 4.31. The Balaban J connectivity index is 1.79. The molecule has 1 heterocycles. The van der Waals surface area contributed by atoms with Gasteiger partial charge in [-0.25, -0.2) is 0 Å². The molecule has 1 aromatic carbocycles.